The molecule has 1 aliphatic carbocycles. The van der Waals surface area contributed by atoms with Crippen LogP contribution in [0.5, 0.6) is 5.75 Å². The van der Waals surface area contributed by atoms with Crippen LogP contribution >= 0.6 is 0 Å². The van der Waals surface area contributed by atoms with Gasteiger partial charge in [-0.2, -0.15) is 4.72 Å². The van der Waals surface area contributed by atoms with Crippen LogP contribution in [-0.4, -0.2) is 20.4 Å². The van der Waals surface area contributed by atoms with Crippen LogP contribution in [0.2, 0.25) is 0 Å². The number of sulfonamides is 1. The van der Waals surface area contributed by atoms with Crippen molar-refractivity contribution < 1.29 is 22.4 Å². The van der Waals surface area contributed by atoms with Crippen molar-refractivity contribution in [1.82, 2.24) is 4.72 Å². The molecule has 3 aromatic rings. The summed E-state index contributed by atoms with van der Waals surface area (Å²) in [5, 5.41) is 0.604. The number of aryl methyl sites for hydroxylation is 3. The number of esters is 1. The summed E-state index contributed by atoms with van der Waals surface area (Å²) in [5.41, 5.74) is 3.16. The molecule has 0 amide bonds. The van der Waals surface area contributed by atoms with Crippen molar-refractivity contribution in [2.75, 3.05) is 0 Å². The van der Waals surface area contributed by atoms with Crippen LogP contribution in [-0.2, 0) is 27.7 Å². The Morgan fingerprint density at radius 1 is 1.09 bits per heavy atom. The monoisotopic (exact) mass is 455 g/mol. The largest absolute Gasteiger partial charge is 0.425 e. The predicted molar refractivity (Wildman–Crippen MR) is 120 cm³/mol. The van der Waals surface area contributed by atoms with E-state index < -0.39 is 22.0 Å². The zero-order valence-electron chi connectivity index (χ0n) is 18.2. The lowest BCUT2D eigenvalue weighted by molar-refractivity contribution is -0.136. The van der Waals surface area contributed by atoms with Gasteiger partial charge in [0.25, 0.3) is 0 Å². The highest BCUT2D eigenvalue weighted by Crippen LogP contribution is 2.35. The molecule has 8 heteroatoms. The van der Waals surface area contributed by atoms with Crippen LogP contribution in [0.1, 0.15) is 42.0 Å². The Morgan fingerprint density at radius 2 is 1.78 bits per heavy atom. The Kier molecular flexibility index (Phi) is 5.92. The van der Waals surface area contributed by atoms with Gasteiger partial charge in [0.1, 0.15) is 17.4 Å². The van der Waals surface area contributed by atoms with Crippen LogP contribution in [0.4, 0.5) is 0 Å². The minimum atomic E-state index is -3.90. The molecule has 0 saturated heterocycles. The topological polar surface area (TPSA) is 103 Å². The summed E-state index contributed by atoms with van der Waals surface area (Å²) in [6.45, 7) is 5.37. The number of ether oxygens (including phenoxy) is 1. The molecular weight excluding hydrogens is 430 g/mol. The summed E-state index contributed by atoms with van der Waals surface area (Å²) in [5.74, 6) is -0.437. The number of hydrogen-bond donors (Lipinski definition) is 1. The second-order valence-corrected chi connectivity index (χ2v) is 9.87. The summed E-state index contributed by atoms with van der Waals surface area (Å²) in [4.78, 5) is 25.4. The lowest BCUT2D eigenvalue weighted by atomic mass is 10.0. The number of nitrogens with one attached hydrogen (secondary N) is 1. The van der Waals surface area contributed by atoms with E-state index >= 15 is 0 Å². The molecule has 0 spiro atoms. The van der Waals surface area contributed by atoms with Crippen molar-refractivity contribution in [2.45, 2.75) is 57.4 Å². The van der Waals surface area contributed by atoms with E-state index in [9.17, 15) is 18.0 Å². The number of fused-ring (bicyclic) bond motifs is 3. The molecule has 4 rings (SSSR count). The maximum absolute atomic E-state index is 13.0. The third kappa shape index (κ3) is 4.20. The maximum atomic E-state index is 13.0. The van der Waals surface area contributed by atoms with Crippen LogP contribution in [0.3, 0.4) is 0 Å². The highest BCUT2D eigenvalue weighted by molar-refractivity contribution is 7.89. The van der Waals surface area contributed by atoms with Crippen molar-refractivity contribution in [1.29, 1.82) is 0 Å². The van der Waals surface area contributed by atoms with Crippen molar-refractivity contribution in [2.24, 2.45) is 0 Å². The molecule has 0 radical (unpaired) electrons. The van der Waals surface area contributed by atoms with Crippen LogP contribution < -0.4 is 15.1 Å². The second-order valence-electron chi connectivity index (χ2n) is 8.15. The average Bonchev–Trinajstić information content (AvgIpc) is 3.22. The second kappa shape index (κ2) is 8.52. The van der Waals surface area contributed by atoms with Crippen LogP contribution in [0, 0.1) is 13.8 Å². The summed E-state index contributed by atoms with van der Waals surface area (Å²) >= 11 is 0. The molecule has 1 aliphatic rings. The molecule has 0 saturated carbocycles. The molecule has 1 N–H and O–H groups in total. The van der Waals surface area contributed by atoms with Gasteiger partial charge in [-0.05, 0) is 74.9 Å². The smallest absolute Gasteiger partial charge is 0.339 e. The minimum Gasteiger partial charge on any atom is -0.425 e. The van der Waals surface area contributed by atoms with Gasteiger partial charge in [0.05, 0.1) is 10.3 Å². The first-order valence-corrected chi connectivity index (χ1v) is 12.1. The predicted octanol–water partition coefficient (Wildman–Crippen LogP) is 3.56. The van der Waals surface area contributed by atoms with E-state index in [4.69, 9.17) is 9.15 Å². The summed E-state index contributed by atoms with van der Waals surface area (Å²) < 4.78 is 39.1. The third-order valence-corrected chi connectivity index (χ3v) is 7.20. The standard InChI is InChI=1S/C24H25NO6S/c1-4-19(25-32(28,29)16-10-8-14(2)9-11-16)24(27)31-21-13-15(3)12-20-22(21)17-6-5-7-18(17)23(26)30-20/h8-13,19,25H,4-7H2,1-3H3/t19-/m0/s1. The fourth-order valence-electron chi connectivity index (χ4n) is 4.04. The first-order chi connectivity index (χ1) is 15.2. The molecule has 0 fully saturated rings. The lowest BCUT2D eigenvalue weighted by Crippen LogP contribution is -2.42. The average molecular weight is 456 g/mol. The van der Waals surface area contributed by atoms with Crippen molar-refractivity contribution in [3.63, 3.8) is 0 Å². The SMILES string of the molecule is CC[C@H](NS(=O)(=O)c1ccc(C)cc1)C(=O)Oc1cc(C)cc2oc(=O)c3c(c12)CCC3. The molecule has 168 valence electrons. The van der Waals surface area contributed by atoms with E-state index in [1.807, 2.05) is 6.92 Å². The Hall–Kier alpha value is -2.97. The van der Waals surface area contributed by atoms with Gasteiger partial charge < -0.3 is 9.15 Å². The first-order valence-electron chi connectivity index (χ1n) is 10.6. The zero-order chi connectivity index (χ0) is 23.0. The number of rotatable bonds is 6. The summed E-state index contributed by atoms with van der Waals surface area (Å²) in [6, 6.07) is 8.76. The third-order valence-electron chi connectivity index (χ3n) is 5.71. The fraction of sp³-hybridized carbons (Fsp3) is 0.333. The maximum Gasteiger partial charge on any atom is 0.339 e. The lowest BCUT2D eigenvalue weighted by Gasteiger charge is -2.18. The Bertz CT molecular complexity index is 1360. The number of carbonyl (C=O) groups is 1. The summed E-state index contributed by atoms with van der Waals surface area (Å²) in [6.07, 6.45) is 2.36. The van der Waals surface area contributed by atoms with Gasteiger partial charge in [0.15, 0.2) is 0 Å². The molecule has 2 aromatic carbocycles. The molecule has 32 heavy (non-hydrogen) atoms. The molecule has 1 aromatic heterocycles. The van der Waals surface area contributed by atoms with E-state index in [-0.39, 0.29) is 22.7 Å². The number of benzene rings is 2. The number of hydrogen-bond acceptors (Lipinski definition) is 6. The van der Waals surface area contributed by atoms with Crippen LogP contribution in [0.25, 0.3) is 11.0 Å². The minimum absolute atomic E-state index is 0.0787. The molecule has 0 bridgehead atoms. The fourth-order valence-corrected chi connectivity index (χ4v) is 5.30. The van der Waals surface area contributed by atoms with E-state index in [2.05, 4.69) is 4.72 Å². The van der Waals surface area contributed by atoms with E-state index in [0.29, 0.717) is 29.4 Å². The van der Waals surface area contributed by atoms with Gasteiger partial charge in [-0.15, -0.1) is 0 Å². The van der Waals surface area contributed by atoms with E-state index in [1.165, 1.54) is 12.1 Å². The highest BCUT2D eigenvalue weighted by Gasteiger charge is 2.28. The summed E-state index contributed by atoms with van der Waals surface area (Å²) in [7, 11) is -3.90. The molecule has 1 heterocycles. The van der Waals surface area contributed by atoms with Gasteiger partial charge in [-0.25, -0.2) is 18.0 Å². The van der Waals surface area contributed by atoms with Gasteiger partial charge in [0, 0.05) is 5.56 Å². The van der Waals surface area contributed by atoms with E-state index in [0.717, 1.165) is 23.1 Å². The Morgan fingerprint density at radius 3 is 2.47 bits per heavy atom. The van der Waals surface area contributed by atoms with Gasteiger partial charge >= 0.3 is 11.6 Å². The first kappa shape index (κ1) is 22.2. The van der Waals surface area contributed by atoms with E-state index in [1.54, 1.807) is 38.1 Å². The molecular formula is C24H25NO6S. The van der Waals surface area contributed by atoms with Gasteiger partial charge in [-0.3, -0.25) is 0 Å². The van der Waals surface area contributed by atoms with Crippen molar-refractivity contribution in [3.8, 4) is 5.75 Å². The van der Waals surface area contributed by atoms with Gasteiger partial charge in [0.2, 0.25) is 10.0 Å². The molecule has 7 nitrogen and oxygen atoms in total. The van der Waals surface area contributed by atoms with Crippen molar-refractivity contribution in [3.05, 3.63) is 69.1 Å². The molecule has 0 unspecified atom stereocenters. The zero-order valence-corrected chi connectivity index (χ0v) is 19.0. The van der Waals surface area contributed by atoms with Crippen LogP contribution in [0.15, 0.2) is 50.5 Å². The number of carbonyl (C=O) groups excluding carboxylic acids is 1. The Balaban J connectivity index is 1.66. The Labute approximate surface area is 186 Å². The highest BCUT2D eigenvalue weighted by atomic mass is 32.2. The quantitative estimate of drug-likeness (QED) is 0.346. The van der Waals surface area contributed by atoms with Crippen molar-refractivity contribution >= 4 is 27.0 Å². The normalized spacial score (nSPS) is 14.3. The van der Waals surface area contributed by atoms with Gasteiger partial charge in [-0.1, -0.05) is 24.6 Å². The molecule has 1 atom stereocenters. The molecule has 0 aliphatic heterocycles.